The van der Waals surface area contributed by atoms with E-state index in [1.165, 1.54) is 0 Å². The third-order valence-corrected chi connectivity index (χ3v) is 5.63. The first-order valence-corrected chi connectivity index (χ1v) is 11.4. The number of fused-ring (bicyclic) bond motifs is 1. The van der Waals surface area contributed by atoms with Crippen LogP contribution in [0.2, 0.25) is 0 Å². The Labute approximate surface area is 206 Å². The Balaban J connectivity index is 0.00000324. The number of amides is 1. The lowest BCUT2D eigenvalue weighted by atomic mass is 10.00. The summed E-state index contributed by atoms with van der Waals surface area (Å²) in [5, 5.41) is 3.99. The maximum atomic E-state index is 13.8. The maximum absolute atomic E-state index is 13.8. The van der Waals surface area contributed by atoms with E-state index in [4.69, 9.17) is 15.5 Å². The van der Waals surface area contributed by atoms with Gasteiger partial charge in [-0.05, 0) is 31.0 Å². The van der Waals surface area contributed by atoms with Gasteiger partial charge < -0.3 is 15.8 Å². The van der Waals surface area contributed by atoms with E-state index in [2.05, 4.69) is 12.2 Å². The number of hydrogen-bond acceptors (Lipinski definition) is 4. The number of benzene rings is 3. The maximum Gasteiger partial charge on any atom is 0.256 e. The Morgan fingerprint density at radius 3 is 2.29 bits per heavy atom. The van der Waals surface area contributed by atoms with Crippen LogP contribution < -0.4 is 15.8 Å². The molecule has 34 heavy (non-hydrogen) atoms. The average molecular weight is 476 g/mol. The van der Waals surface area contributed by atoms with Gasteiger partial charge in [0, 0.05) is 10.9 Å². The summed E-state index contributed by atoms with van der Waals surface area (Å²) in [5.41, 5.74) is 9.58. The highest BCUT2D eigenvalue weighted by Gasteiger charge is 2.25. The second-order valence-corrected chi connectivity index (χ2v) is 7.88. The molecular formula is C28H30ClN3O2. The van der Waals surface area contributed by atoms with E-state index in [1.807, 2.05) is 84.9 Å². The number of pyridine rings is 1. The molecule has 1 aromatic heterocycles. The third kappa shape index (κ3) is 5.56. The van der Waals surface area contributed by atoms with Crippen molar-refractivity contribution >= 4 is 29.2 Å². The first kappa shape index (κ1) is 25.2. The number of nitrogens with one attached hydrogen (secondary N) is 1. The van der Waals surface area contributed by atoms with Crippen LogP contribution in [-0.4, -0.2) is 24.0 Å². The molecule has 4 aromatic rings. The van der Waals surface area contributed by atoms with Crippen molar-refractivity contribution in [2.24, 2.45) is 5.73 Å². The Morgan fingerprint density at radius 1 is 0.971 bits per heavy atom. The summed E-state index contributed by atoms with van der Waals surface area (Å²) in [6.45, 7) is 2.98. The number of nitrogens with zero attached hydrogens (tertiary/aromatic N) is 1. The van der Waals surface area contributed by atoms with Crippen LogP contribution in [0.1, 0.15) is 41.7 Å². The molecule has 0 fully saturated rings. The Hall–Kier alpha value is -3.41. The monoisotopic (exact) mass is 475 g/mol. The second kappa shape index (κ2) is 12.2. The van der Waals surface area contributed by atoms with Gasteiger partial charge in [-0.2, -0.15) is 0 Å². The summed E-state index contributed by atoms with van der Waals surface area (Å²) >= 11 is 0. The van der Waals surface area contributed by atoms with Crippen LogP contribution >= 0.6 is 12.4 Å². The van der Waals surface area contributed by atoms with Crippen molar-refractivity contribution in [1.29, 1.82) is 0 Å². The number of carbonyl (C=O) groups excluding carboxylic acids is 1. The zero-order valence-electron chi connectivity index (χ0n) is 19.2. The van der Waals surface area contributed by atoms with Gasteiger partial charge in [0.2, 0.25) is 0 Å². The third-order valence-electron chi connectivity index (χ3n) is 5.63. The van der Waals surface area contributed by atoms with Crippen molar-refractivity contribution in [3.63, 3.8) is 0 Å². The minimum atomic E-state index is -0.177. The quantitative estimate of drug-likeness (QED) is 0.294. The fourth-order valence-corrected chi connectivity index (χ4v) is 3.95. The summed E-state index contributed by atoms with van der Waals surface area (Å²) in [5.74, 6) is 0.318. The molecule has 0 bridgehead atoms. The van der Waals surface area contributed by atoms with Gasteiger partial charge in [-0.1, -0.05) is 85.8 Å². The van der Waals surface area contributed by atoms with E-state index in [0.29, 0.717) is 36.6 Å². The van der Waals surface area contributed by atoms with Gasteiger partial charge in [0.05, 0.1) is 23.7 Å². The van der Waals surface area contributed by atoms with Gasteiger partial charge in [0.1, 0.15) is 5.69 Å². The predicted octanol–water partition coefficient (Wildman–Crippen LogP) is 5.93. The van der Waals surface area contributed by atoms with Gasteiger partial charge in [-0.25, -0.2) is 4.98 Å². The lowest BCUT2D eigenvalue weighted by Gasteiger charge is -2.21. The lowest BCUT2D eigenvalue weighted by Crippen LogP contribution is -2.29. The van der Waals surface area contributed by atoms with Crippen molar-refractivity contribution in [2.75, 3.05) is 13.2 Å². The van der Waals surface area contributed by atoms with Crippen LogP contribution in [0.25, 0.3) is 22.2 Å². The minimum absolute atomic E-state index is 0. The molecule has 0 aliphatic heterocycles. The molecule has 1 atom stereocenters. The zero-order valence-corrected chi connectivity index (χ0v) is 20.1. The zero-order chi connectivity index (χ0) is 23.0. The number of carbonyl (C=O) groups is 1. The number of rotatable bonds is 9. The average Bonchev–Trinajstić information content (AvgIpc) is 2.87. The van der Waals surface area contributed by atoms with Crippen molar-refractivity contribution in [3.05, 3.63) is 96.1 Å². The minimum Gasteiger partial charge on any atom is -0.490 e. The van der Waals surface area contributed by atoms with Gasteiger partial charge in [0.15, 0.2) is 5.75 Å². The summed E-state index contributed by atoms with van der Waals surface area (Å²) in [4.78, 5) is 18.7. The van der Waals surface area contributed by atoms with Crippen LogP contribution in [0.3, 0.4) is 0 Å². The number of hydrogen-bond donors (Lipinski definition) is 2. The molecule has 4 rings (SSSR count). The van der Waals surface area contributed by atoms with Crippen LogP contribution in [-0.2, 0) is 0 Å². The van der Waals surface area contributed by atoms with E-state index in [-0.39, 0.29) is 24.4 Å². The molecule has 5 nitrogen and oxygen atoms in total. The smallest absolute Gasteiger partial charge is 0.256 e. The van der Waals surface area contributed by atoms with Crippen LogP contribution in [0.15, 0.2) is 84.9 Å². The number of nitrogens with two attached hydrogens (primary N) is 1. The van der Waals surface area contributed by atoms with Gasteiger partial charge >= 0.3 is 0 Å². The molecule has 0 saturated heterocycles. The summed E-state index contributed by atoms with van der Waals surface area (Å²) < 4.78 is 6.21. The second-order valence-electron chi connectivity index (χ2n) is 7.88. The molecule has 176 valence electrons. The standard InChI is InChI=1S/C28H29N3O2.ClH/c1-2-23(20-12-5-3-6-13-20)31-28(32)25-22-16-9-10-17-24(22)30-26(21-14-7-4-8-15-21)27(25)33-19-11-18-29;/h3-10,12-17,23H,2,11,18-19,29H2,1H3,(H,31,32);1H. The topological polar surface area (TPSA) is 77.2 Å². The first-order valence-electron chi connectivity index (χ1n) is 11.4. The van der Waals surface area contributed by atoms with Gasteiger partial charge in [-0.3, -0.25) is 4.79 Å². The molecule has 0 spiro atoms. The van der Waals surface area contributed by atoms with E-state index in [1.54, 1.807) is 0 Å². The molecule has 3 N–H and O–H groups in total. The predicted molar refractivity (Wildman–Crippen MR) is 141 cm³/mol. The Kier molecular flexibility index (Phi) is 9.02. The normalized spacial score (nSPS) is 11.5. The van der Waals surface area contributed by atoms with Crippen LogP contribution in [0, 0.1) is 0 Å². The highest BCUT2D eigenvalue weighted by Crippen LogP contribution is 2.37. The number of aromatic nitrogens is 1. The molecule has 6 heteroatoms. The molecule has 0 aliphatic carbocycles. The van der Waals surface area contributed by atoms with Gasteiger partial charge in [-0.15, -0.1) is 12.4 Å². The Bertz CT molecular complexity index is 1220. The van der Waals surface area contributed by atoms with Crippen molar-refractivity contribution in [3.8, 4) is 17.0 Å². The SMILES string of the molecule is CCC(NC(=O)c1c(OCCCN)c(-c2ccccc2)nc2ccccc12)c1ccccc1.Cl. The van der Waals surface area contributed by atoms with Crippen molar-refractivity contribution in [2.45, 2.75) is 25.8 Å². The highest BCUT2D eigenvalue weighted by atomic mass is 35.5. The van der Waals surface area contributed by atoms with E-state index in [9.17, 15) is 4.79 Å². The molecule has 0 radical (unpaired) electrons. The van der Waals surface area contributed by atoms with Crippen molar-refractivity contribution < 1.29 is 9.53 Å². The fourth-order valence-electron chi connectivity index (χ4n) is 3.95. The molecule has 1 heterocycles. The van der Waals surface area contributed by atoms with E-state index < -0.39 is 0 Å². The molecule has 3 aromatic carbocycles. The van der Waals surface area contributed by atoms with Crippen LogP contribution in [0.4, 0.5) is 0 Å². The molecule has 1 amide bonds. The van der Waals surface area contributed by atoms with E-state index >= 15 is 0 Å². The molecular weight excluding hydrogens is 446 g/mol. The molecule has 0 saturated carbocycles. The molecule has 1 unspecified atom stereocenters. The Morgan fingerprint density at radius 2 is 1.62 bits per heavy atom. The summed E-state index contributed by atoms with van der Waals surface area (Å²) in [7, 11) is 0. The summed E-state index contributed by atoms with van der Waals surface area (Å²) in [6.07, 6.45) is 1.46. The highest BCUT2D eigenvalue weighted by molar-refractivity contribution is 6.10. The van der Waals surface area contributed by atoms with Crippen LogP contribution in [0.5, 0.6) is 5.75 Å². The largest absolute Gasteiger partial charge is 0.490 e. The molecule has 0 aliphatic rings. The number of para-hydroxylation sites is 1. The number of ether oxygens (including phenoxy) is 1. The van der Waals surface area contributed by atoms with E-state index in [0.717, 1.165) is 28.5 Å². The number of halogens is 1. The summed E-state index contributed by atoms with van der Waals surface area (Å²) in [6, 6.07) is 27.4. The first-order chi connectivity index (χ1) is 16.2. The van der Waals surface area contributed by atoms with Crippen molar-refractivity contribution in [1.82, 2.24) is 10.3 Å². The fraction of sp³-hybridized carbons (Fsp3) is 0.214. The lowest BCUT2D eigenvalue weighted by molar-refractivity contribution is 0.0933. The van der Waals surface area contributed by atoms with Gasteiger partial charge in [0.25, 0.3) is 5.91 Å².